The molecule has 20 heavy (non-hydrogen) atoms. The first-order valence-electron chi connectivity index (χ1n) is 7.04. The van der Waals surface area contributed by atoms with Gasteiger partial charge in [0.05, 0.1) is 0 Å². The zero-order valence-corrected chi connectivity index (χ0v) is 12.9. The summed E-state index contributed by atoms with van der Waals surface area (Å²) >= 11 is 0. The van der Waals surface area contributed by atoms with Crippen molar-refractivity contribution < 1.29 is 0 Å². The van der Waals surface area contributed by atoms with E-state index < -0.39 is 0 Å². The maximum atomic E-state index is 5.76. The molecule has 0 aliphatic carbocycles. The van der Waals surface area contributed by atoms with Gasteiger partial charge in [0.2, 0.25) is 17.8 Å². The molecule has 1 fully saturated rings. The highest BCUT2D eigenvalue weighted by Gasteiger charge is 2.20. The Labute approximate surface area is 120 Å². The maximum absolute atomic E-state index is 5.76. The fraction of sp³-hybridized carbons (Fsp3) is 0.769. The number of nitrogens with two attached hydrogens (primary N) is 1. The normalized spacial score (nSPS) is 17.2. The largest absolute Gasteiger partial charge is 0.368 e. The second-order valence-corrected chi connectivity index (χ2v) is 5.82. The molecule has 7 nitrogen and oxygen atoms in total. The topological polar surface area (TPSA) is 74.4 Å². The highest BCUT2D eigenvalue weighted by Crippen LogP contribution is 2.19. The third-order valence-corrected chi connectivity index (χ3v) is 3.74. The van der Waals surface area contributed by atoms with Crippen molar-refractivity contribution in [2.45, 2.75) is 12.8 Å². The summed E-state index contributed by atoms with van der Waals surface area (Å²) in [6.07, 6.45) is 2.45. The molecule has 1 aliphatic rings. The van der Waals surface area contributed by atoms with Crippen molar-refractivity contribution in [1.29, 1.82) is 0 Å². The first kappa shape index (κ1) is 14.8. The molecule has 0 aromatic carbocycles. The van der Waals surface area contributed by atoms with Crippen molar-refractivity contribution in [3.05, 3.63) is 0 Å². The smallest absolute Gasteiger partial charge is 0.231 e. The molecular weight excluding hydrogens is 254 g/mol. The number of likely N-dealkylation sites (tertiary alicyclic amines) is 1. The Morgan fingerprint density at radius 3 is 2.30 bits per heavy atom. The fourth-order valence-electron chi connectivity index (χ4n) is 2.45. The molecule has 0 amide bonds. The number of hydrogen-bond donors (Lipinski definition) is 1. The van der Waals surface area contributed by atoms with Crippen LogP contribution in [0.2, 0.25) is 0 Å². The summed E-state index contributed by atoms with van der Waals surface area (Å²) in [7, 11) is 7.99. The number of anilines is 3. The number of aromatic nitrogens is 3. The maximum Gasteiger partial charge on any atom is 0.231 e. The van der Waals surface area contributed by atoms with Crippen molar-refractivity contribution in [2.24, 2.45) is 5.92 Å². The van der Waals surface area contributed by atoms with E-state index in [2.05, 4.69) is 31.8 Å². The molecule has 0 saturated carbocycles. The summed E-state index contributed by atoms with van der Waals surface area (Å²) in [5, 5.41) is 0. The highest BCUT2D eigenvalue weighted by atomic mass is 15.3. The Bertz CT molecular complexity index is 440. The van der Waals surface area contributed by atoms with Crippen molar-refractivity contribution >= 4 is 17.8 Å². The van der Waals surface area contributed by atoms with Crippen LogP contribution in [0.1, 0.15) is 12.8 Å². The molecule has 2 N–H and O–H groups in total. The second-order valence-electron chi connectivity index (χ2n) is 5.82. The zero-order valence-electron chi connectivity index (χ0n) is 12.9. The molecular formula is C13H25N7. The average molecular weight is 279 g/mol. The lowest BCUT2D eigenvalue weighted by Gasteiger charge is -2.31. The summed E-state index contributed by atoms with van der Waals surface area (Å²) in [6.45, 7) is 3.30. The van der Waals surface area contributed by atoms with E-state index in [9.17, 15) is 0 Å². The van der Waals surface area contributed by atoms with Gasteiger partial charge < -0.3 is 20.4 Å². The minimum absolute atomic E-state index is 0.272. The van der Waals surface area contributed by atoms with E-state index in [0.29, 0.717) is 17.8 Å². The minimum Gasteiger partial charge on any atom is -0.368 e. The standard InChI is InChI=1S/C13H25N7/c1-18(2)12-15-11(14)16-13(17-12)20(4)9-10-5-7-19(3)8-6-10/h10H,5-9H2,1-4H3,(H2,14,15,16,17). The van der Waals surface area contributed by atoms with Gasteiger partial charge in [0.25, 0.3) is 0 Å². The monoisotopic (exact) mass is 279 g/mol. The van der Waals surface area contributed by atoms with Crippen LogP contribution in [0.15, 0.2) is 0 Å². The Morgan fingerprint density at radius 1 is 1.10 bits per heavy atom. The van der Waals surface area contributed by atoms with Gasteiger partial charge in [0.15, 0.2) is 0 Å². The van der Waals surface area contributed by atoms with Gasteiger partial charge in [-0.25, -0.2) is 0 Å². The Hall–Kier alpha value is -1.63. The van der Waals surface area contributed by atoms with Crippen LogP contribution in [0.25, 0.3) is 0 Å². The van der Waals surface area contributed by atoms with Crippen LogP contribution in [0.5, 0.6) is 0 Å². The summed E-state index contributed by atoms with van der Waals surface area (Å²) in [6, 6.07) is 0. The summed E-state index contributed by atoms with van der Waals surface area (Å²) in [5.74, 6) is 2.22. The summed E-state index contributed by atoms with van der Waals surface area (Å²) in [5.41, 5.74) is 5.76. The van der Waals surface area contributed by atoms with Crippen LogP contribution in [-0.2, 0) is 0 Å². The van der Waals surface area contributed by atoms with Crippen LogP contribution in [0.4, 0.5) is 17.8 Å². The number of nitrogen functional groups attached to an aromatic ring is 1. The molecule has 1 aliphatic heterocycles. The Morgan fingerprint density at radius 2 is 1.70 bits per heavy atom. The lowest BCUT2D eigenvalue weighted by Crippen LogP contribution is -2.36. The van der Waals surface area contributed by atoms with Crippen molar-refractivity contribution in [1.82, 2.24) is 19.9 Å². The predicted molar refractivity (Wildman–Crippen MR) is 82.1 cm³/mol. The van der Waals surface area contributed by atoms with E-state index in [1.54, 1.807) is 0 Å². The fourth-order valence-corrected chi connectivity index (χ4v) is 2.45. The van der Waals surface area contributed by atoms with Gasteiger partial charge in [-0.3, -0.25) is 0 Å². The first-order chi connectivity index (χ1) is 9.45. The summed E-state index contributed by atoms with van der Waals surface area (Å²) < 4.78 is 0. The van der Waals surface area contributed by atoms with Crippen molar-refractivity contribution in [3.63, 3.8) is 0 Å². The third kappa shape index (κ3) is 3.69. The average Bonchev–Trinajstić information content (AvgIpc) is 2.40. The second kappa shape index (κ2) is 6.21. The van der Waals surface area contributed by atoms with E-state index in [-0.39, 0.29) is 5.95 Å². The molecule has 1 saturated heterocycles. The van der Waals surface area contributed by atoms with Gasteiger partial charge in [-0.05, 0) is 38.9 Å². The van der Waals surface area contributed by atoms with Crippen molar-refractivity contribution in [3.8, 4) is 0 Å². The minimum atomic E-state index is 0.272. The first-order valence-corrected chi connectivity index (χ1v) is 7.04. The van der Waals surface area contributed by atoms with E-state index in [0.717, 1.165) is 6.54 Å². The van der Waals surface area contributed by atoms with Gasteiger partial charge in [0.1, 0.15) is 0 Å². The Kier molecular flexibility index (Phi) is 4.59. The van der Waals surface area contributed by atoms with Gasteiger partial charge >= 0.3 is 0 Å². The number of nitrogens with zero attached hydrogens (tertiary/aromatic N) is 6. The van der Waals surface area contributed by atoms with E-state index in [4.69, 9.17) is 5.73 Å². The zero-order chi connectivity index (χ0) is 14.7. The number of rotatable bonds is 4. The van der Waals surface area contributed by atoms with Crippen LogP contribution in [0, 0.1) is 5.92 Å². The lowest BCUT2D eigenvalue weighted by molar-refractivity contribution is 0.222. The number of piperidine rings is 1. The molecule has 2 rings (SSSR count). The number of hydrogen-bond acceptors (Lipinski definition) is 7. The SMILES string of the molecule is CN1CCC(CN(C)c2nc(N)nc(N(C)C)n2)CC1. The molecule has 2 heterocycles. The van der Waals surface area contributed by atoms with Crippen LogP contribution in [-0.4, -0.2) is 67.7 Å². The van der Waals surface area contributed by atoms with Gasteiger partial charge in [-0.2, -0.15) is 15.0 Å². The third-order valence-electron chi connectivity index (χ3n) is 3.74. The molecule has 1 aromatic rings. The molecule has 112 valence electrons. The molecule has 1 aromatic heterocycles. The van der Waals surface area contributed by atoms with E-state index in [1.165, 1.54) is 25.9 Å². The van der Waals surface area contributed by atoms with Crippen LogP contribution >= 0.6 is 0 Å². The molecule has 0 atom stereocenters. The van der Waals surface area contributed by atoms with Gasteiger partial charge in [0, 0.05) is 27.7 Å². The quantitative estimate of drug-likeness (QED) is 0.849. The summed E-state index contributed by atoms with van der Waals surface area (Å²) in [4.78, 5) is 19.1. The van der Waals surface area contributed by atoms with Gasteiger partial charge in [-0.1, -0.05) is 0 Å². The predicted octanol–water partition coefficient (Wildman–Crippen LogP) is 0.298. The van der Waals surface area contributed by atoms with Crippen LogP contribution < -0.4 is 15.5 Å². The molecule has 7 heteroatoms. The molecule has 0 unspecified atom stereocenters. The highest BCUT2D eigenvalue weighted by molar-refractivity contribution is 5.42. The molecule has 0 bridgehead atoms. The van der Waals surface area contributed by atoms with Crippen LogP contribution in [0.3, 0.4) is 0 Å². The molecule has 0 spiro atoms. The van der Waals surface area contributed by atoms with E-state index >= 15 is 0 Å². The van der Waals surface area contributed by atoms with Gasteiger partial charge in [-0.15, -0.1) is 0 Å². The Balaban J connectivity index is 2.03. The van der Waals surface area contributed by atoms with E-state index in [1.807, 2.05) is 26.0 Å². The molecule has 0 radical (unpaired) electrons. The lowest BCUT2D eigenvalue weighted by atomic mass is 9.97. The van der Waals surface area contributed by atoms with Crippen molar-refractivity contribution in [2.75, 3.05) is 63.4 Å².